The van der Waals surface area contributed by atoms with Gasteiger partial charge in [0.15, 0.2) is 6.04 Å². The van der Waals surface area contributed by atoms with Gasteiger partial charge in [-0.3, -0.25) is 0 Å². The van der Waals surface area contributed by atoms with Gasteiger partial charge >= 0.3 is 12.0 Å². The van der Waals surface area contributed by atoms with E-state index < -0.39 is 18.0 Å². The molecule has 0 spiro atoms. The summed E-state index contributed by atoms with van der Waals surface area (Å²) in [7, 11) is 0. The molecule has 0 saturated carbocycles. The minimum atomic E-state index is -1.11. The SMILES string of the molecule is O=C(Nc1ccc(I)cc1)N[C@H](C(=O)O)c1ccccc1. The van der Waals surface area contributed by atoms with E-state index in [1.54, 1.807) is 42.5 Å². The molecule has 21 heavy (non-hydrogen) atoms. The van der Waals surface area contributed by atoms with Gasteiger partial charge in [0.1, 0.15) is 0 Å². The maximum Gasteiger partial charge on any atom is 0.330 e. The number of carboxylic acids is 1. The average molecular weight is 396 g/mol. The van der Waals surface area contributed by atoms with Crippen LogP contribution in [0.1, 0.15) is 11.6 Å². The first kappa shape index (κ1) is 15.3. The molecule has 2 amide bonds. The molecule has 108 valence electrons. The van der Waals surface area contributed by atoms with Gasteiger partial charge in [0, 0.05) is 9.26 Å². The van der Waals surface area contributed by atoms with Crippen molar-refractivity contribution in [3.63, 3.8) is 0 Å². The third-order valence-corrected chi connectivity index (χ3v) is 3.48. The third kappa shape index (κ3) is 4.45. The van der Waals surface area contributed by atoms with Crippen molar-refractivity contribution in [3.05, 3.63) is 63.7 Å². The van der Waals surface area contributed by atoms with Gasteiger partial charge in [0.2, 0.25) is 0 Å². The standard InChI is InChI=1S/C15H13IN2O3/c16-11-6-8-12(9-7-11)17-15(21)18-13(14(19)20)10-4-2-1-3-5-10/h1-9,13H,(H,19,20)(H2,17,18,21)/t13-/m0/s1. The lowest BCUT2D eigenvalue weighted by Crippen LogP contribution is -2.36. The van der Waals surface area contributed by atoms with Crippen molar-refractivity contribution in [2.24, 2.45) is 0 Å². The summed E-state index contributed by atoms with van der Waals surface area (Å²) in [6, 6.07) is 14.1. The lowest BCUT2D eigenvalue weighted by atomic mass is 10.1. The van der Waals surface area contributed by atoms with Crippen LogP contribution in [-0.4, -0.2) is 17.1 Å². The molecule has 5 nitrogen and oxygen atoms in total. The molecule has 0 saturated heterocycles. The quantitative estimate of drug-likeness (QED) is 0.695. The van der Waals surface area contributed by atoms with Gasteiger partial charge in [-0.15, -0.1) is 0 Å². The lowest BCUT2D eigenvalue weighted by molar-refractivity contribution is -0.139. The molecule has 2 rings (SSSR count). The van der Waals surface area contributed by atoms with Crippen LogP contribution in [-0.2, 0) is 4.79 Å². The van der Waals surface area contributed by atoms with Gasteiger partial charge in [-0.2, -0.15) is 0 Å². The van der Waals surface area contributed by atoms with E-state index in [1.165, 1.54) is 0 Å². The first-order chi connectivity index (χ1) is 10.1. The van der Waals surface area contributed by atoms with E-state index in [1.807, 2.05) is 12.1 Å². The monoisotopic (exact) mass is 396 g/mol. The van der Waals surface area contributed by atoms with Crippen LogP contribution in [0.5, 0.6) is 0 Å². The normalized spacial score (nSPS) is 11.5. The highest BCUT2D eigenvalue weighted by molar-refractivity contribution is 14.1. The minimum Gasteiger partial charge on any atom is -0.479 e. The van der Waals surface area contributed by atoms with Gasteiger partial charge in [-0.25, -0.2) is 9.59 Å². The topological polar surface area (TPSA) is 78.4 Å². The highest BCUT2D eigenvalue weighted by atomic mass is 127. The fraction of sp³-hybridized carbons (Fsp3) is 0.0667. The number of nitrogens with one attached hydrogen (secondary N) is 2. The molecule has 0 fully saturated rings. The van der Waals surface area contributed by atoms with Crippen molar-refractivity contribution in [1.82, 2.24) is 5.32 Å². The van der Waals surface area contributed by atoms with Crippen LogP contribution < -0.4 is 10.6 Å². The molecule has 0 aliphatic heterocycles. The summed E-state index contributed by atoms with van der Waals surface area (Å²) in [5.74, 6) is -1.11. The maximum atomic E-state index is 11.9. The first-order valence-electron chi connectivity index (χ1n) is 6.17. The van der Waals surface area contributed by atoms with E-state index in [4.69, 9.17) is 0 Å². The molecule has 6 heteroatoms. The number of carbonyl (C=O) groups excluding carboxylic acids is 1. The Morgan fingerprint density at radius 1 is 1.00 bits per heavy atom. The molecule has 0 aromatic heterocycles. The Morgan fingerprint density at radius 2 is 1.62 bits per heavy atom. The number of halogens is 1. The smallest absolute Gasteiger partial charge is 0.330 e. The number of rotatable bonds is 4. The Balaban J connectivity index is 2.05. The van der Waals surface area contributed by atoms with Crippen LogP contribution >= 0.6 is 22.6 Å². The predicted octanol–water partition coefficient (Wildman–Crippen LogP) is 3.24. The van der Waals surface area contributed by atoms with Crippen molar-refractivity contribution in [2.45, 2.75) is 6.04 Å². The summed E-state index contributed by atoms with van der Waals surface area (Å²) in [4.78, 5) is 23.2. The fourth-order valence-corrected chi connectivity index (χ4v) is 2.12. The molecule has 0 unspecified atom stereocenters. The summed E-state index contributed by atoms with van der Waals surface area (Å²) >= 11 is 2.16. The van der Waals surface area contributed by atoms with Crippen molar-refractivity contribution >= 4 is 40.3 Å². The van der Waals surface area contributed by atoms with Gasteiger partial charge in [-0.1, -0.05) is 30.3 Å². The van der Waals surface area contributed by atoms with E-state index in [-0.39, 0.29) is 0 Å². The van der Waals surface area contributed by atoms with E-state index >= 15 is 0 Å². The first-order valence-corrected chi connectivity index (χ1v) is 7.25. The zero-order valence-corrected chi connectivity index (χ0v) is 13.1. The number of urea groups is 1. The largest absolute Gasteiger partial charge is 0.479 e. The van der Waals surface area contributed by atoms with Crippen molar-refractivity contribution < 1.29 is 14.7 Å². The van der Waals surface area contributed by atoms with Crippen LogP contribution in [0.2, 0.25) is 0 Å². The van der Waals surface area contributed by atoms with E-state index in [0.29, 0.717) is 11.3 Å². The van der Waals surface area contributed by atoms with E-state index in [2.05, 4.69) is 33.2 Å². The highest BCUT2D eigenvalue weighted by Crippen LogP contribution is 2.14. The van der Waals surface area contributed by atoms with Crippen molar-refractivity contribution in [1.29, 1.82) is 0 Å². The lowest BCUT2D eigenvalue weighted by Gasteiger charge is -2.15. The number of carbonyl (C=O) groups is 2. The Hall–Kier alpha value is -2.09. The number of anilines is 1. The summed E-state index contributed by atoms with van der Waals surface area (Å²) in [5.41, 5.74) is 1.12. The molecule has 0 heterocycles. The molecule has 2 aromatic carbocycles. The number of amides is 2. The second-order valence-electron chi connectivity index (χ2n) is 4.29. The van der Waals surface area contributed by atoms with Gasteiger partial charge < -0.3 is 15.7 Å². The summed E-state index contributed by atoms with van der Waals surface area (Å²) in [6.45, 7) is 0. The fourth-order valence-electron chi connectivity index (χ4n) is 1.76. The predicted molar refractivity (Wildman–Crippen MR) is 88.1 cm³/mol. The molecule has 0 aliphatic carbocycles. The summed E-state index contributed by atoms with van der Waals surface area (Å²) in [5, 5.41) is 14.3. The zero-order valence-electron chi connectivity index (χ0n) is 10.9. The van der Waals surface area contributed by atoms with Gasteiger partial charge in [-0.05, 0) is 52.4 Å². The molecular formula is C15H13IN2O3. The van der Waals surface area contributed by atoms with Crippen molar-refractivity contribution in [2.75, 3.05) is 5.32 Å². The second-order valence-corrected chi connectivity index (χ2v) is 5.53. The van der Waals surface area contributed by atoms with E-state index in [9.17, 15) is 14.7 Å². The Bertz CT molecular complexity index is 629. The van der Waals surface area contributed by atoms with Crippen LogP contribution in [0.4, 0.5) is 10.5 Å². The highest BCUT2D eigenvalue weighted by Gasteiger charge is 2.21. The molecular weight excluding hydrogens is 383 g/mol. The minimum absolute atomic E-state index is 0.516. The third-order valence-electron chi connectivity index (χ3n) is 2.76. The molecule has 0 aliphatic rings. The van der Waals surface area contributed by atoms with Crippen molar-refractivity contribution in [3.8, 4) is 0 Å². The number of hydrogen-bond acceptors (Lipinski definition) is 2. The molecule has 1 atom stereocenters. The van der Waals surface area contributed by atoms with Crippen LogP contribution in [0.25, 0.3) is 0 Å². The van der Waals surface area contributed by atoms with Crippen LogP contribution in [0, 0.1) is 3.57 Å². The number of carboxylic acid groups (broad SMARTS) is 1. The molecule has 0 bridgehead atoms. The summed E-state index contributed by atoms with van der Waals surface area (Å²) in [6.07, 6.45) is 0. The Labute approximate surface area is 135 Å². The molecule has 0 radical (unpaired) electrons. The van der Waals surface area contributed by atoms with Gasteiger partial charge in [0.25, 0.3) is 0 Å². The Kier molecular flexibility index (Phi) is 5.15. The number of benzene rings is 2. The van der Waals surface area contributed by atoms with Gasteiger partial charge in [0.05, 0.1) is 0 Å². The van der Waals surface area contributed by atoms with E-state index in [0.717, 1.165) is 3.57 Å². The Morgan fingerprint density at radius 3 is 2.19 bits per heavy atom. The second kappa shape index (κ2) is 7.07. The van der Waals surface area contributed by atoms with Crippen LogP contribution in [0.15, 0.2) is 54.6 Å². The molecule has 2 aromatic rings. The number of hydrogen-bond donors (Lipinski definition) is 3. The number of aliphatic carboxylic acids is 1. The maximum absolute atomic E-state index is 11.9. The van der Waals surface area contributed by atoms with Crippen LogP contribution in [0.3, 0.4) is 0 Å². The summed E-state index contributed by atoms with van der Waals surface area (Å²) < 4.78 is 1.05. The zero-order chi connectivity index (χ0) is 15.2. The average Bonchev–Trinajstić information content (AvgIpc) is 2.48. The molecule has 3 N–H and O–H groups in total.